The van der Waals surface area contributed by atoms with E-state index in [1.165, 1.54) is 42.5 Å². The van der Waals surface area contributed by atoms with Crippen LogP contribution in [0.2, 0.25) is 0 Å². The molecule has 148 valence electrons. The summed E-state index contributed by atoms with van der Waals surface area (Å²) in [5, 5.41) is 8.68. The lowest BCUT2D eigenvalue weighted by molar-refractivity contribution is -0.137. The lowest BCUT2D eigenvalue weighted by atomic mass is 9.91. The van der Waals surface area contributed by atoms with Crippen LogP contribution >= 0.6 is 0 Å². The number of halogens is 3. The van der Waals surface area contributed by atoms with E-state index in [4.69, 9.17) is 5.11 Å². The SMILES string of the molecule is O=C(O)C=Cc1ccc(C(=C2C(=O)NNC2=O)c2cccc(C(F)(F)F)c2)cc1. The first kappa shape index (κ1) is 19.9. The summed E-state index contributed by atoms with van der Waals surface area (Å²) in [6.45, 7) is 0. The van der Waals surface area contributed by atoms with E-state index in [-0.39, 0.29) is 16.7 Å². The van der Waals surface area contributed by atoms with Gasteiger partial charge in [-0.3, -0.25) is 20.4 Å². The number of hydrogen-bond donors (Lipinski definition) is 3. The molecule has 0 radical (unpaired) electrons. The number of carboxylic acid groups (broad SMARTS) is 1. The Hall–Kier alpha value is -3.88. The van der Waals surface area contributed by atoms with E-state index in [2.05, 4.69) is 10.9 Å². The monoisotopic (exact) mass is 402 g/mol. The lowest BCUT2D eigenvalue weighted by Gasteiger charge is -2.13. The Morgan fingerprint density at radius 1 is 0.931 bits per heavy atom. The van der Waals surface area contributed by atoms with Crippen molar-refractivity contribution in [2.75, 3.05) is 0 Å². The number of hydrazine groups is 1. The molecule has 1 heterocycles. The van der Waals surface area contributed by atoms with Gasteiger partial charge in [0.15, 0.2) is 0 Å². The fourth-order valence-electron chi connectivity index (χ4n) is 2.80. The Morgan fingerprint density at radius 2 is 1.55 bits per heavy atom. The van der Waals surface area contributed by atoms with Crippen LogP contribution in [0.25, 0.3) is 11.6 Å². The van der Waals surface area contributed by atoms with Gasteiger partial charge in [0.25, 0.3) is 11.8 Å². The van der Waals surface area contributed by atoms with Gasteiger partial charge >= 0.3 is 12.1 Å². The number of carboxylic acids is 1. The molecule has 6 nitrogen and oxygen atoms in total. The minimum Gasteiger partial charge on any atom is -0.478 e. The van der Waals surface area contributed by atoms with Crippen molar-refractivity contribution in [3.63, 3.8) is 0 Å². The van der Waals surface area contributed by atoms with Gasteiger partial charge in [-0.25, -0.2) is 4.79 Å². The Bertz CT molecular complexity index is 1040. The van der Waals surface area contributed by atoms with Crippen molar-refractivity contribution in [2.24, 2.45) is 0 Å². The molecule has 0 bridgehead atoms. The Morgan fingerprint density at radius 3 is 2.10 bits per heavy atom. The van der Waals surface area contributed by atoms with E-state index >= 15 is 0 Å². The van der Waals surface area contributed by atoms with E-state index in [1.807, 2.05) is 0 Å². The quantitative estimate of drug-likeness (QED) is 0.541. The highest BCUT2D eigenvalue weighted by atomic mass is 19.4. The molecule has 0 aromatic heterocycles. The maximum absolute atomic E-state index is 13.1. The summed E-state index contributed by atoms with van der Waals surface area (Å²) in [6.07, 6.45) is -2.34. The van der Waals surface area contributed by atoms with Crippen LogP contribution in [0.5, 0.6) is 0 Å². The number of benzene rings is 2. The molecule has 2 amide bonds. The third-order valence-corrected chi connectivity index (χ3v) is 4.09. The number of hydrogen-bond acceptors (Lipinski definition) is 3. The highest BCUT2D eigenvalue weighted by molar-refractivity contribution is 6.28. The molecule has 0 saturated carbocycles. The zero-order valence-corrected chi connectivity index (χ0v) is 14.6. The zero-order valence-electron chi connectivity index (χ0n) is 14.6. The maximum atomic E-state index is 13.1. The molecule has 1 aliphatic heterocycles. The van der Waals surface area contributed by atoms with Crippen LogP contribution in [0.3, 0.4) is 0 Å². The van der Waals surface area contributed by atoms with Gasteiger partial charge in [-0.15, -0.1) is 0 Å². The number of carbonyl (C=O) groups is 3. The predicted molar refractivity (Wildman–Crippen MR) is 96.9 cm³/mol. The van der Waals surface area contributed by atoms with E-state index in [0.717, 1.165) is 18.2 Å². The molecule has 1 aliphatic rings. The molecule has 0 unspecified atom stereocenters. The largest absolute Gasteiger partial charge is 0.478 e. The lowest BCUT2D eigenvalue weighted by Crippen LogP contribution is -2.28. The molecule has 2 aromatic carbocycles. The first-order valence-electron chi connectivity index (χ1n) is 8.21. The van der Waals surface area contributed by atoms with Gasteiger partial charge in [0.05, 0.1) is 5.56 Å². The minimum absolute atomic E-state index is 0.0253. The second kappa shape index (κ2) is 7.63. The van der Waals surface area contributed by atoms with Crippen LogP contribution in [0.15, 0.2) is 60.2 Å². The van der Waals surface area contributed by atoms with Gasteiger partial charge in [-0.1, -0.05) is 36.4 Å². The summed E-state index contributed by atoms with van der Waals surface area (Å²) in [5.74, 6) is -2.67. The summed E-state index contributed by atoms with van der Waals surface area (Å²) in [7, 11) is 0. The van der Waals surface area contributed by atoms with Crippen molar-refractivity contribution in [2.45, 2.75) is 6.18 Å². The first-order chi connectivity index (χ1) is 13.7. The van der Waals surface area contributed by atoms with E-state index in [9.17, 15) is 27.6 Å². The highest BCUT2D eigenvalue weighted by Gasteiger charge is 2.33. The molecular formula is C20H13F3N2O4. The smallest absolute Gasteiger partial charge is 0.416 e. The molecule has 0 spiro atoms. The molecule has 1 saturated heterocycles. The predicted octanol–water partition coefficient (Wildman–Crippen LogP) is 2.77. The number of amides is 2. The maximum Gasteiger partial charge on any atom is 0.416 e. The van der Waals surface area contributed by atoms with Crippen molar-refractivity contribution in [3.8, 4) is 0 Å². The van der Waals surface area contributed by atoms with Crippen molar-refractivity contribution in [1.29, 1.82) is 0 Å². The molecule has 3 N–H and O–H groups in total. The minimum atomic E-state index is -4.60. The fourth-order valence-corrected chi connectivity index (χ4v) is 2.80. The molecule has 2 aromatic rings. The average Bonchev–Trinajstić information content (AvgIpc) is 3.00. The van der Waals surface area contributed by atoms with E-state index in [0.29, 0.717) is 11.1 Å². The van der Waals surface area contributed by atoms with Crippen molar-refractivity contribution >= 4 is 29.4 Å². The summed E-state index contributed by atoms with van der Waals surface area (Å²) >= 11 is 0. The number of nitrogens with one attached hydrogen (secondary N) is 2. The second-order valence-electron chi connectivity index (χ2n) is 6.03. The molecule has 29 heavy (non-hydrogen) atoms. The van der Waals surface area contributed by atoms with Crippen LogP contribution in [-0.2, 0) is 20.6 Å². The summed E-state index contributed by atoms with van der Waals surface area (Å²) < 4.78 is 39.4. The molecule has 9 heteroatoms. The van der Waals surface area contributed by atoms with Crippen LogP contribution in [-0.4, -0.2) is 22.9 Å². The molecule has 0 atom stereocenters. The van der Waals surface area contributed by atoms with Crippen LogP contribution < -0.4 is 10.9 Å². The Labute approximate surface area is 162 Å². The van der Waals surface area contributed by atoms with E-state index in [1.54, 1.807) is 0 Å². The fraction of sp³-hybridized carbons (Fsp3) is 0.0500. The van der Waals surface area contributed by atoms with E-state index < -0.39 is 29.5 Å². The van der Waals surface area contributed by atoms with Gasteiger partial charge < -0.3 is 5.11 Å². The number of carbonyl (C=O) groups excluding carboxylic acids is 2. The van der Waals surface area contributed by atoms with Crippen LogP contribution in [0, 0.1) is 0 Å². The summed E-state index contributed by atoms with van der Waals surface area (Å²) in [5.41, 5.74) is 3.92. The van der Waals surface area contributed by atoms with Gasteiger partial charge in [0.1, 0.15) is 5.57 Å². The van der Waals surface area contributed by atoms with Crippen molar-refractivity contribution in [3.05, 3.63) is 82.4 Å². The highest BCUT2D eigenvalue weighted by Crippen LogP contribution is 2.34. The second-order valence-corrected chi connectivity index (χ2v) is 6.03. The third kappa shape index (κ3) is 4.34. The summed E-state index contributed by atoms with van der Waals surface area (Å²) in [4.78, 5) is 34.9. The molecule has 0 aliphatic carbocycles. The molecule has 3 rings (SSSR count). The van der Waals surface area contributed by atoms with Crippen LogP contribution in [0.1, 0.15) is 22.3 Å². The van der Waals surface area contributed by atoms with Gasteiger partial charge in [-0.2, -0.15) is 13.2 Å². The topological polar surface area (TPSA) is 95.5 Å². The van der Waals surface area contributed by atoms with Crippen molar-refractivity contribution in [1.82, 2.24) is 10.9 Å². The Kier molecular flexibility index (Phi) is 5.22. The number of rotatable bonds is 4. The normalized spacial score (nSPS) is 14.1. The number of aliphatic carboxylic acids is 1. The first-order valence-corrected chi connectivity index (χ1v) is 8.21. The number of alkyl halides is 3. The molecule has 1 fully saturated rings. The standard InChI is InChI=1S/C20H13F3N2O4/c21-20(22,23)14-3-1-2-13(10-14)16(17-18(28)24-25-19(17)29)12-7-4-11(5-8-12)6-9-15(26)27/h1-10H,(H,24,28)(H,25,29)(H,26,27). The van der Waals surface area contributed by atoms with Gasteiger partial charge in [-0.05, 0) is 34.9 Å². The van der Waals surface area contributed by atoms with Gasteiger partial charge in [0, 0.05) is 11.6 Å². The van der Waals surface area contributed by atoms with Crippen LogP contribution in [0.4, 0.5) is 13.2 Å². The average molecular weight is 402 g/mol. The zero-order chi connectivity index (χ0) is 21.2. The van der Waals surface area contributed by atoms with Gasteiger partial charge in [0.2, 0.25) is 0 Å². The summed E-state index contributed by atoms with van der Waals surface area (Å²) in [6, 6.07) is 10.3. The molecular weight excluding hydrogens is 389 g/mol. The van der Waals surface area contributed by atoms with Crippen molar-refractivity contribution < 1.29 is 32.7 Å². The third-order valence-electron chi connectivity index (χ3n) is 4.09. The Balaban J connectivity index is 2.16.